The summed E-state index contributed by atoms with van der Waals surface area (Å²) in [5.41, 5.74) is 0. The van der Waals surface area contributed by atoms with Gasteiger partial charge in [-0.25, -0.2) is 0 Å². The van der Waals surface area contributed by atoms with Crippen LogP contribution in [-0.2, 0) is 9.53 Å². The zero-order valence-electron chi connectivity index (χ0n) is 7.62. The number of esters is 1. The van der Waals surface area contributed by atoms with E-state index in [1.807, 2.05) is 0 Å². The Morgan fingerprint density at radius 3 is 2.58 bits per heavy atom. The van der Waals surface area contributed by atoms with Gasteiger partial charge in [0.2, 0.25) is 0 Å². The Morgan fingerprint density at radius 1 is 1.42 bits per heavy atom. The van der Waals surface area contributed by atoms with Gasteiger partial charge in [-0.1, -0.05) is 6.92 Å². The normalized spacial score (nSPS) is 36.1. The predicted octanol–water partition coefficient (Wildman–Crippen LogP) is 1.10. The number of hydrogen-bond donors (Lipinski definition) is 1. The second kappa shape index (κ2) is 3.90. The molecule has 0 radical (unpaired) electrons. The van der Waals surface area contributed by atoms with Crippen molar-refractivity contribution in [2.24, 2.45) is 5.92 Å². The van der Waals surface area contributed by atoms with Gasteiger partial charge in [-0.15, -0.1) is 0 Å². The Balaban J connectivity index is 2.38. The molecule has 0 amide bonds. The lowest BCUT2D eigenvalue weighted by atomic mass is 9.86. The van der Waals surface area contributed by atoms with Gasteiger partial charge in [0.25, 0.3) is 0 Å². The number of aliphatic hydroxyl groups excluding tert-OH is 1. The van der Waals surface area contributed by atoms with Crippen LogP contribution in [0.2, 0.25) is 0 Å². The fraction of sp³-hybridized carbons (Fsp3) is 0.889. The molecule has 0 aromatic carbocycles. The molecule has 1 saturated carbocycles. The summed E-state index contributed by atoms with van der Waals surface area (Å²) in [6, 6.07) is 0. The Morgan fingerprint density at radius 2 is 2.08 bits per heavy atom. The third kappa shape index (κ3) is 2.81. The zero-order chi connectivity index (χ0) is 9.14. The number of carbonyl (C=O) groups is 1. The summed E-state index contributed by atoms with van der Waals surface area (Å²) in [5, 5.41) is 9.37. The molecule has 3 unspecified atom stereocenters. The standard InChI is InChI=1S/C9H16O3/c1-6-3-8(11)5-9(4-6)12-7(2)10/h6,8-9,11H,3-5H2,1-2H3. The average Bonchev–Trinajstić information content (AvgIpc) is 1.81. The van der Waals surface area contributed by atoms with Gasteiger partial charge in [-0.2, -0.15) is 0 Å². The number of ether oxygens (including phenoxy) is 1. The summed E-state index contributed by atoms with van der Waals surface area (Å²) in [5.74, 6) is 0.208. The zero-order valence-corrected chi connectivity index (χ0v) is 7.62. The SMILES string of the molecule is CC(=O)OC1CC(C)CC(O)C1. The molecule has 0 bridgehead atoms. The molecule has 3 nitrogen and oxygen atoms in total. The molecule has 1 rings (SSSR count). The van der Waals surface area contributed by atoms with E-state index < -0.39 is 0 Å². The highest BCUT2D eigenvalue weighted by atomic mass is 16.5. The van der Waals surface area contributed by atoms with Crippen molar-refractivity contribution < 1.29 is 14.6 Å². The van der Waals surface area contributed by atoms with Crippen LogP contribution in [0.1, 0.15) is 33.1 Å². The van der Waals surface area contributed by atoms with E-state index in [-0.39, 0.29) is 18.2 Å². The molecule has 1 aliphatic carbocycles. The molecule has 1 N–H and O–H groups in total. The third-order valence-corrected chi connectivity index (χ3v) is 2.21. The van der Waals surface area contributed by atoms with Crippen molar-refractivity contribution in [1.29, 1.82) is 0 Å². The second-order valence-corrected chi connectivity index (χ2v) is 3.70. The van der Waals surface area contributed by atoms with Crippen LogP contribution < -0.4 is 0 Å². The number of carbonyl (C=O) groups excluding carboxylic acids is 1. The molecule has 0 heterocycles. The van der Waals surface area contributed by atoms with Crippen molar-refractivity contribution in [2.75, 3.05) is 0 Å². The highest BCUT2D eigenvalue weighted by molar-refractivity contribution is 5.66. The molecule has 0 aromatic heterocycles. The lowest BCUT2D eigenvalue weighted by Crippen LogP contribution is -2.31. The molecule has 70 valence electrons. The Labute approximate surface area is 72.7 Å². The van der Waals surface area contributed by atoms with Crippen molar-refractivity contribution in [2.45, 2.75) is 45.3 Å². The summed E-state index contributed by atoms with van der Waals surface area (Å²) in [4.78, 5) is 10.6. The Hall–Kier alpha value is -0.570. The largest absolute Gasteiger partial charge is 0.462 e. The van der Waals surface area contributed by atoms with Crippen LogP contribution in [0.25, 0.3) is 0 Å². The van der Waals surface area contributed by atoms with E-state index in [1.165, 1.54) is 6.92 Å². The maximum absolute atomic E-state index is 10.6. The van der Waals surface area contributed by atoms with E-state index in [4.69, 9.17) is 4.74 Å². The molecular weight excluding hydrogens is 156 g/mol. The summed E-state index contributed by atoms with van der Waals surface area (Å²) in [7, 11) is 0. The van der Waals surface area contributed by atoms with Crippen LogP contribution in [0.15, 0.2) is 0 Å². The highest BCUT2D eigenvalue weighted by Crippen LogP contribution is 2.26. The van der Waals surface area contributed by atoms with Crippen molar-refractivity contribution in [3.8, 4) is 0 Å². The second-order valence-electron chi connectivity index (χ2n) is 3.70. The van der Waals surface area contributed by atoms with Gasteiger partial charge < -0.3 is 9.84 Å². The number of aliphatic hydroxyl groups is 1. The maximum Gasteiger partial charge on any atom is 0.302 e. The predicted molar refractivity (Wildman–Crippen MR) is 44.6 cm³/mol. The van der Waals surface area contributed by atoms with E-state index in [2.05, 4.69) is 6.92 Å². The van der Waals surface area contributed by atoms with E-state index >= 15 is 0 Å². The molecule has 1 fully saturated rings. The third-order valence-electron chi connectivity index (χ3n) is 2.21. The monoisotopic (exact) mass is 172 g/mol. The minimum absolute atomic E-state index is 0.0683. The molecule has 3 atom stereocenters. The van der Waals surface area contributed by atoms with E-state index in [0.717, 1.165) is 12.8 Å². The molecule has 0 aromatic rings. The minimum atomic E-state index is -0.293. The van der Waals surface area contributed by atoms with E-state index in [0.29, 0.717) is 12.3 Å². The number of hydrogen-bond acceptors (Lipinski definition) is 3. The summed E-state index contributed by atoms with van der Waals surface area (Å²) in [6.45, 7) is 3.48. The van der Waals surface area contributed by atoms with Gasteiger partial charge in [0, 0.05) is 13.3 Å². The first-order chi connectivity index (χ1) is 5.58. The molecule has 0 aliphatic heterocycles. The van der Waals surface area contributed by atoms with Crippen molar-refractivity contribution in [3.63, 3.8) is 0 Å². The van der Waals surface area contributed by atoms with Crippen LogP contribution >= 0.6 is 0 Å². The van der Waals surface area contributed by atoms with Gasteiger partial charge in [0.1, 0.15) is 6.10 Å². The fourth-order valence-corrected chi connectivity index (χ4v) is 1.84. The van der Waals surface area contributed by atoms with Crippen LogP contribution in [0.3, 0.4) is 0 Å². The molecule has 0 spiro atoms. The lowest BCUT2D eigenvalue weighted by molar-refractivity contribution is -0.150. The topological polar surface area (TPSA) is 46.5 Å². The van der Waals surface area contributed by atoms with E-state index in [9.17, 15) is 9.90 Å². The smallest absolute Gasteiger partial charge is 0.302 e. The Bertz CT molecular complexity index is 157. The highest BCUT2D eigenvalue weighted by Gasteiger charge is 2.26. The summed E-state index contributed by atoms with van der Waals surface area (Å²) >= 11 is 0. The van der Waals surface area contributed by atoms with E-state index in [1.54, 1.807) is 0 Å². The van der Waals surface area contributed by atoms with Gasteiger partial charge >= 0.3 is 5.97 Å². The van der Waals surface area contributed by atoms with Crippen LogP contribution in [0, 0.1) is 5.92 Å². The van der Waals surface area contributed by atoms with Gasteiger partial charge in [0.15, 0.2) is 0 Å². The van der Waals surface area contributed by atoms with Crippen molar-refractivity contribution in [3.05, 3.63) is 0 Å². The van der Waals surface area contributed by atoms with Gasteiger partial charge in [-0.3, -0.25) is 4.79 Å². The number of rotatable bonds is 1. The average molecular weight is 172 g/mol. The minimum Gasteiger partial charge on any atom is -0.462 e. The molecule has 1 aliphatic rings. The van der Waals surface area contributed by atoms with Crippen LogP contribution in [0.4, 0.5) is 0 Å². The quantitative estimate of drug-likeness (QED) is 0.602. The first-order valence-corrected chi connectivity index (χ1v) is 4.43. The van der Waals surface area contributed by atoms with Crippen molar-refractivity contribution in [1.82, 2.24) is 0 Å². The van der Waals surface area contributed by atoms with Crippen LogP contribution in [0.5, 0.6) is 0 Å². The summed E-state index contributed by atoms with van der Waals surface area (Å²) in [6.07, 6.45) is 1.96. The molecule has 0 saturated heterocycles. The Kier molecular flexibility index (Phi) is 3.09. The maximum atomic E-state index is 10.6. The van der Waals surface area contributed by atoms with Gasteiger partial charge in [-0.05, 0) is 18.8 Å². The first kappa shape index (κ1) is 9.52. The molecular formula is C9H16O3. The summed E-state index contributed by atoms with van der Waals surface area (Å²) < 4.78 is 5.03. The fourth-order valence-electron chi connectivity index (χ4n) is 1.84. The van der Waals surface area contributed by atoms with Crippen molar-refractivity contribution >= 4 is 5.97 Å². The molecule has 12 heavy (non-hydrogen) atoms. The molecule has 3 heteroatoms. The van der Waals surface area contributed by atoms with Crippen LogP contribution in [-0.4, -0.2) is 23.3 Å². The first-order valence-electron chi connectivity index (χ1n) is 4.43. The van der Waals surface area contributed by atoms with Gasteiger partial charge in [0.05, 0.1) is 6.10 Å². The lowest BCUT2D eigenvalue weighted by Gasteiger charge is -2.29.